The van der Waals surface area contributed by atoms with Gasteiger partial charge in [0.25, 0.3) is 0 Å². The summed E-state index contributed by atoms with van der Waals surface area (Å²) in [5, 5.41) is 9.19. The summed E-state index contributed by atoms with van der Waals surface area (Å²) in [5.41, 5.74) is 0. The lowest BCUT2D eigenvalue weighted by atomic mass is 9.79. The lowest BCUT2D eigenvalue weighted by Crippen LogP contribution is -2.37. The minimum absolute atomic E-state index is 0.146. The van der Waals surface area contributed by atoms with E-state index in [4.69, 9.17) is 0 Å². The molecule has 0 spiro atoms. The number of hydrogen-bond acceptors (Lipinski definition) is 2. The van der Waals surface area contributed by atoms with Crippen LogP contribution in [0.3, 0.4) is 0 Å². The number of likely N-dealkylation sites (tertiary alicyclic amines) is 1. The summed E-state index contributed by atoms with van der Waals surface area (Å²) >= 11 is 0. The predicted octanol–water partition coefficient (Wildman–Crippen LogP) is 2.85. The summed E-state index contributed by atoms with van der Waals surface area (Å²) in [7, 11) is 0. The van der Waals surface area contributed by atoms with Crippen molar-refractivity contribution >= 4 is 5.97 Å². The molecular formula is C15H27NO2. The zero-order valence-electron chi connectivity index (χ0n) is 11.9. The van der Waals surface area contributed by atoms with Gasteiger partial charge in [0.1, 0.15) is 0 Å². The van der Waals surface area contributed by atoms with Crippen molar-refractivity contribution in [2.45, 2.75) is 52.5 Å². The van der Waals surface area contributed by atoms with Gasteiger partial charge in [0.15, 0.2) is 0 Å². The second-order valence-corrected chi connectivity index (χ2v) is 6.69. The van der Waals surface area contributed by atoms with E-state index in [1.165, 1.54) is 25.7 Å². The van der Waals surface area contributed by atoms with E-state index in [1.54, 1.807) is 0 Å². The fourth-order valence-electron chi connectivity index (χ4n) is 3.76. The molecule has 1 aliphatic carbocycles. The first-order chi connectivity index (χ1) is 8.49. The molecule has 0 bridgehead atoms. The average molecular weight is 253 g/mol. The molecule has 104 valence electrons. The maximum Gasteiger partial charge on any atom is 0.308 e. The van der Waals surface area contributed by atoms with Gasteiger partial charge in [-0.25, -0.2) is 0 Å². The Morgan fingerprint density at radius 1 is 1.17 bits per heavy atom. The first kappa shape index (κ1) is 13.9. The first-order valence-electron chi connectivity index (χ1n) is 7.46. The van der Waals surface area contributed by atoms with Gasteiger partial charge in [-0.2, -0.15) is 0 Å². The molecule has 1 saturated heterocycles. The molecule has 2 aliphatic rings. The maximum absolute atomic E-state index is 11.2. The monoisotopic (exact) mass is 253 g/mol. The van der Waals surface area contributed by atoms with Crippen LogP contribution in [0.25, 0.3) is 0 Å². The van der Waals surface area contributed by atoms with Crippen LogP contribution in [0.4, 0.5) is 0 Å². The van der Waals surface area contributed by atoms with Gasteiger partial charge in [-0.3, -0.25) is 9.69 Å². The molecule has 1 heterocycles. The normalized spacial score (nSPS) is 38.2. The van der Waals surface area contributed by atoms with Crippen LogP contribution < -0.4 is 0 Å². The van der Waals surface area contributed by atoms with Gasteiger partial charge in [-0.05, 0) is 43.4 Å². The molecular weight excluding hydrogens is 226 g/mol. The molecule has 2 atom stereocenters. The Morgan fingerprint density at radius 3 is 2.22 bits per heavy atom. The largest absolute Gasteiger partial charge is 0.481 e. The molecule has 1 saturated carbocycles. The van der Waals surface area contributed by atoms with Gasteiger partial charge in [-0.15, -0.1) is 0 Å². The molecule has 0 aromatic heterocycles. The fraction of sp³-hybridized carbons (Fsp3) is 0.933. The molecule has 3 heteroatoms. The van der Waals surface area contributed by atoms with Crippen molar-refractivity contribution in [1.82, 2.24) is 4.90 Å². The van der Waals surface area contributed by atoms with E-state index in [2.05, 4.69) is 25.7 Å². The lowest BCUT2D eigenvalue weighted by Gasteiger charge is -2.36. The standard InChI is InChI=1S/C15H27NO2/c1-10(2)12-4-6-13(7-5-12)16-8-11(3)14(9-16)15(17)18/h10-14H,4-9H2,1-3H3,(H,17,18)/t11-,12?,13?,14-/m1/s1. The Morgan fingerprint density at radius 2 is 1.78 bits per heavy atom. The maximum atomic E-state index is 11.2. The van der Waals surface area contributed by atoms with Crippen LogP contribution >= 0.6 is 0 Å². The number of carboxylic acid groups (broad SMARTS) is 1. The highest BCUT2D eigenvalue weighted by Gasteiger charge is 2.38. The molecule has 0 aromatic rings. The topological polar surface area (TPSA) is 40.5 Å². The molecule has 0 radical (unpaired) electrons. The zero-order chi connectivity index (χ0) is 13.3. The summed E-state index contributed by atoms with van der Waals surface area (Å²) in [5.74, 6) is 1.24. The third kappa shape index (κ3) is 2.87. The SMILES string of the molecule is CC(C)C1CCC(N2C[C@@H](C)[C@H](C(=O)O)C2)CC1. The van der Waals surface area contributed by atoms with E-state index in [1.807, 2.05) is 0 Å². The smallest absolute Gasteiger partial charge is 0.308 e. The van der Waals surface area contributed by atoms with Gasteiger partial charge in [0.05, 0.1) is 5.92 Å². The third-order valence-corrected chi connectivity index (χ3v) is 5.16. The van der Waals surface area contributed by atoms with Crippen LogP contribution in [0.5, 0.6) is 0 Å². The number of aliphatic carboxylic acids is 1. The third-order valence-electron chi connectivity index (χ3n) is 5.16. The average Bonchev–Trinajstić information content (AvgIpc) is 2.71. The van der Waals surface area contributed by atoms with Crippen molar-refractivity contribution < 1.29 is 9.90 Å². The summed E-state index contributed by atoms with van der Waals surface area (Å²) < 4.78 is 0. The van der Waals surface area contributed by atoms with Crippen molar-refractivity contribution in [2.24, 2.45) is 23.7 Å². The van der Waals surface area contributed by atoms with Crippen LogP contribution in [0.1, 0.15) is 46.5 Å². The lowest BCUT2D eigenvalue weighted by molar-refractivity contribution is -0.142. The number of carbonyl (C=O) groups is 1. The second-order valence-electron chi connectivity index (χ2n) is 6.69. The number of rotatable bonds is 3. The Hall–Kier alpha value is -0.570. The Balaban J connectivity index is 1.86. The predicted molar refractivity (Wildman–Crippen MR) is 72.4 cm³/mol. The van der Waals surface area contributed by atoms with Gasteiger partial charge in [0.2, 0.25) is 0 Å². The molecule has 2 fully saturated rings. The summed E-state index contributed by atoms with van der Waals surface area (Å²) in [4.78, 5) is 13.6. The van der Waals surface area contributed by atoms with Gasteiger partial charge in [0, 0.05) is 19.1 Å². The Kier molecular flexibility index (Phi) is 4.31. The molecule has 1 N–H and O–H groups in total. The summed E-state index contributed by atoms with van der Waals surface area (Å²) in [6, 6.07) is 0.645. The van der Waals surface area contributed by atoms with Gasteiger partial charge < -0.3 is 5.11 Å². The Bertz CT molecular complexity index is 295. The van der Waals surface area contributed by atoms with Crippen LogP contribution in [-0.2, 0) is 4.79 Å². The van der Waals surface area contributed by atoms with Crippen molar-refractivity contribution in [3.05, 3.63) is 0 Å². The van der Waals surface area contributed by atoms with Crippen LogP contribution in [-0.4, -0.2) is 35.1 Å². The highest BCUT2D eigenvalue weighted by molar-refractivity contribution is 5.71. The van der Waals surface area contributed by atoms with Crippen molar-refractivity contribution in [1.29, 1.82) is 0 Å². The van der Waals surface area contributed by atoms with Crippen LogP contribution in [0, 0.1) is 23.7 Å². The van der Waals surface area contributed by atoms with Crippen molar-refractivity contribution in [2.75, 3.05) is 13.1 Å². The molecule has 18 heavy (non-hydrogen) atoms. The van der Waals surface area contributed by atoms with Gasteiger partial charge in [-0.1, -0.05) is 20.8 Å². The second kappa shape index (κ2) is 5.60. The summed E-state index contributed by atoms with van der Waals surface area (Å²) in [6.07, 6.45) is 5.18. The van der Waals surface area contributed by atoms with Gasteiger partial charge >= 0.3 is 5.97 Å². The van der Waals surface area contributed by atoms with E-state index >= 15 is 0 Å². The van der Waals surface area contributed by atoms with E-state index in [-0.39, 0.29) is 5.92 Å². The minimum Gasteiger partial charge on any atom is -0.481 e. The van der Waals surface area contributed by atoms with E-state index < -0.39 is 5.97 Å². The first-order valence-corrected chi connectivity index (χ1v) is 7.46. The number of nitrogens with zero attached hydrogens (tertiary/aromatic N) is 1. The quantitative estimate of drug-likeness (QED) is 0.841. The molecule has 2 rings (SSSR count). The molecule has 3 nitrogen and oxygen atoms in total. The van der Waals surface area contributed by atoms with E-state index in [0.717, 1.165) is 24.9 Å². The van der Waals surface area contributed by atoms with Crippen LogP contribution in [0.2, 0.25) is 0 Å². The zero-order valence-corrected chi connectivity index (χ0v) is 11.9. The molecule has 0 unspecified atom stereocenters. The highest BCUT2D eigenvalue weighted by Crippen LogP contribution is 2.35. The number of hydrogen-bond donors (Lipinski definition) is 1. The van der Waals surface area contributed by atoms with E-state index in [0.29, 0.717) is 12.0 Å². The molecule has 0 aromatic carbocycles. The fourth-order valence-corrected chi connectivity index (χ4v) is 3.76. The molecule has 1 aliphatic heterocycles. The van der Waals surface area contributed by atoms with Crippen LogP contribution in [0.15, 0.2) is 0 Å². The van der Waals surface area contributed by atoms with Crippen molar-refractivity contribution in [3.8, 4) is 0 Å². The minimum atomic E-state index is -0.610. The van der Waals surface area contributed by atoms with E-state index in [9.17, 15) is 9.90 Å². The van der Waals surface area contributed by atoms with Crippen molar-refractivity contribution in [3.63, 3.8) is 0 Å². The molecule has 0 amide bonds. The Labute approximate surface area is 111 Å². The number of carboxylic acids is 1. The highest BCUT2D eigenvalue weighted by atomic mass is 16.4. The summed E-state index contributed by atoms with van der Waals surface area (Å²) in [6.45, 7) is 8.48.